The molecule has 0 unspecified atom stereocenters. The van der Waals surface area contributed by atoms with Crippen molar-refractivity contribution in [2.75, 3.05) is 37.6 Å². The molecule has 24 heavy (non-hydrogen) atoms. The number of aromatic nitrogens is 3. The maximum atomic E-state index is 12.1. The van der Waals surface area contributed by atoms with Gasteiger partial charge in [-0.15, -0.1) is 0 Å². The van der Waals surface area contributed by atoms with Crippen molar-refractivity contribution in [3.8, 4) is 0 Å². The molecule has 1 aliphatic rings. The highest BCUT2D eigenvalue weighted by Crippen LogP contribution is 2.12. The number of hydrogen-bond donors (Lipinski definition) is 1. The van der Waals surface area contributed by atoms with Crippen molar-refractivity contribution in [2.45, 2.75) is 13.5 Å². The molecule has 126 valence electrons. The maximum absolute atomic E-state index is 12.1. The summed E-state index contributed by atoms with van der Waals surface area (Å²) >= 11 is 0. The lowest BCUT2D eigenvalue weighted by molar-refractivity contribution is 0.0945. The van der Waals surface area contributed by atoms with Crippen LogP contribution in [0.5, 0.6) is 0 Å². The minimum Gasteiger partial charge on any atom is -0.353 e. The number of anilines is 1. The van der Waals surface area contributed by atoms with Crippen LogP contribution in [0, 0.1) is 0 Å². The van der Waals surface area contributed by atoms with E-state index in [1.165, 1.54) is 6.20 Å². The van der Waals surface area contributed by atoms with Crippen molar-refractivity contribution < 1.29 is 4.79 Å². The van der Waals surface area contributed by atoms with Gasteiger partial charge in [-0.3, -0.25) is 9.78 Å². The van der Waals surface area contributed by atoms with E-state index in [2.05, 4.69) is 37.0 Å². The molecule has 1 fully saturated rings. The largest absolute Gasteiger partial charge is 0.353 e. The molecule has 0 bridgehead atoms. The van der Waals surface area contributed by atoms with Crippen LogP contribution in [-0.2, 0) is 6.54 Å². The monoisotopic (exact) mass is 326 g/mol. The molecule has 3 heterocycles. The molecular weight excluding hydrogens is 304 g/mol. The normalized spacial score (nSPS) is 15.3. The van der Waals surface area contributed by atoms with Crippen LogP contribution in [0.1, 0.15) is 23.1 Å². The maximum Gasteiger partial charge on any atom is 0.271 e. The van der Waals surface area contributed by atoms with Crippen molar-refractivity contribution in [1.29, 1.82) is 0 Å². The first-order valence-corrected chi connectivity index (χ1v) is 8.23. The zero-order valence-corrected chi connectivity index (χ0v) is 13.9. The van der Waals surface area contributed by atoms with Gasteiger partial charge in [0.25, 0.3) is 5.91 Å². The molecule has 0 aliphatic carbocycles. The Bertz CT molecular complexity index is 653. The summed E-state index contributed by atoms with van der Waals surface area (Å²) in [5.41, 5.74) is 1.13. The molecule has 1 saturated heterocycles. The van der Waals surface area contributed by atoms with Crippen LogP contribution in [0.3, 0.4) is 0 Å². The van der Waals surface area contributed by atoms with Gasteiger partial charge >= 0.3 is 0 Å². The van der Waals surface area contributed by atoms with E-state index in [1.807, 2.05) is 18.2 Å². The Hall–Kier alpha value is -2.54. The van der Waals surface area contributed by atoms with E-state index < -0.39 is 0 Å². The minimum atomic E-state index is -0.240. The second-order valence-electron chi connectivity index (χ2n) is 5.68. The van der Waals surface area contributed by atoms with Gasteiger partial charge in [0.05, 0.1) is 24.6 Å². The van der Waals surface area contributed by atoms with E-state index in [1.54, 1.807) is 12.4 Å². The second kappa shape index (κ2) is 7.83. The number of carbonyl (C=O) groups is 1. The van der Waals surface area contributed by atoms with Gasteiger partial charge in [-0.2, -0.15) is 0 Å². The second-order valence-corrected chi connectivity index (χ2v) is 5.68. The summed E-state index contributed by atoms with van der Waals surface area (Å²) in [7, 11) is 0. The van der Waals surface area contributed by atoms with Crippen molar-refractivity contribution in [3.63, 3.8) is 0 Å². The Kier molecular flexibility index (Phi) is 5.32. The minimum absolute atomic E-state index is 0.240. The molecule has 0 atom stereocenters. The van der Waals surface area contributed by atoms with E-state index in [0.717, 1.165) is 44.2 Å². The molecule has 1 aliphatic heterocycles. The average Bonchev–Trinajstić information content (AvgIpc) is 2.67. The zero-order chi connectivity index (χ0) is 16.8. The Morgan fingerprint density at radius 3 is 2.58 bits per heavy atom. The average molecular weight is 326 g/mol. The molecule has 3 rings (SSSR count). The van der Waals surface area contributed by atoms with Crippen LogP contribution in [0.15, 0.2) is 36.8 Å². The predicted molar refractivity (Wildman–Crippen MR) is 91.8 cm³/mol. The molecule has 0 saturated carbocycles. The van der Waals surface area contributed by atoms with Gasteiger partial charge in [0.15, 0.2) is 0 Å². The third-order valence-corrected chi connectivity index (χ3v) is 4.17. The standard InChI is InChI=1S/C17H22N6O/c1-2-22-7-9-23(10-8-22)16-13-19-15(12-20-16)17(24)21-11-14-5-3-4-6-18-14/h3-6,12-13H,2,7-11H2,1H3,(H,21,24). The molecular formula is C17H22N6O. The molecule has 7 heteroatoms. The highest BCUT2D eigenvalue weighted by molar-refractivity contribution is 5.91. The quantitative estimate of drug-likeness (QED) is 0.881. The van der Waals surface area contributed by atoms with E-state index in [9.17, 15) is 4.79 Å². The lowest BCUT2D eigenvalue weighted by Crippen LogP contribution is -2.46. The summed E-state index contributed by atoms with van der Waals surface area (Å²) in [6, 6.07) is 5.60. The van der Waals surface area contributed by atoms with Crippen molar-refractivity contribution in [3.05, 3.63) is 48.2 Å². The number of amides is 1. The van der Waals surface area contributed by atoms with Crippen LogP contribution in [0.2, 0.25) is 0 Å². The fraction of sp³-hybridized carbons (Fsp3) is 0.412. The number of hydrogen-bond acceptors (Lipinski definition) is 6. The van der Waals surface area contributed by atoms with Gasteiger partial charge < -0.3 is 15.1 Å². The van der Waals surface area contributed by atoms with Gasteiger partial charge in [-0.1, -0.05) is 13.0 Å². The summed E-state index contributed by atoms with van der Waals surface area (Å²) in [6.45, 7) is 7.57. The third-order valence-electron chi connectivity index (χ3n) is 4.17. The fourth-order valence-corrected chi connectivity index (χ4v) is 2.66. The summed E-state index contributed by atoms with van der Waals surface area (Å²) in [6.07, 6.45) is 4.92. The zero-order valence-electron chi connectivity index (χ0n) is 13.9. The van der Waals surface area contributed by atoms with Gasteiger partial charge in [-0.25, -0.2) is 9.97 Å². The van der Waals surface area contributed by atoms with Gasteiger partial charge in [0.1, 0.15) is 11.5 Å². The predicted octanol–water partition coefficient (Wildman–Crippen LogP) is 0.943. The number of piperazine rings is 1. The SMILES string of the molecule is CCN1CCN(c2cnc(C(=O)NCc3ccccn3)cn2)CC1. The highest BCUT2D eigenvalue weighted by atomic mass is 16.1. The molecule has 0 aromatic carbocycles. The molecule has 1 amide bonds. The lowest BCUT2D eigenvalue weighted by Gasteiger charge is -2.34. The topological polar surface area (TPSA) is 74.2 Å². The van der Waals surface area contributed by atoms with Crippen molar-refractivity contribution in [2.24, 2.45) is 0 Å². The number of nitrogens with one attached hydrogen (secondary N) is 1. The van der Waals surface area contributed by atoms with Crippen molar-refractivity contribution in [1.82, 2.24) is 25.2 Å². The number of nitrogens with zero attached hydrogens (tertiary/aromatic N) is 5. The van der Waals surface area contributed by atoms with Crippen molar-refractivity contribution >= 4 is 11.7 Å². The Morgan fingerprint density at radius 2 is 1.96 bits per heavy atom. The smallest absolute Gasteiger partial charge is 0.271 e. The van der Waals surface area contributed by atoms with E-state index in [-0.39, 0.29) is 5.91 Å². The van der Waals surface area contributed by atoms with Crippen LogP contribution in [0.4, 0.5) is 5.82 Å². The third kappa shape index (κ3) is 4.05. The number of pyridine rings is 1. The van der Waals surface area contributed by atoms with Crippen LogP contribution in [0.25, 0.3) is 0 Å². The summed E-state index contributed by atoms with van der Waals surface area (Å²) in [5.74, 6) is 0.586. The fourth-order valence-electron chi connectivity index (χ4n) is 2.66. The van der Waals surface area contributed by atoms with Crippen LogP contribution >= 0.6 is 0 Å². The summed E-state index contributed by atoms with van der Waals surface area (Å²) < 4.78 is 0. The lowest BCUT2D eigenvalue weighted by atomic mass is 10.3. The first-order chi connectivity index (χ1) is 11.8. The first-order valence-electron chi connectivity index (χ1n) is 8.23. The molecule has 2 aromatic heterocycles. The molecule has 2 aromatic rings. The van der Waals surface area contributed by atoms with Crippen LogP contribution in [-0.4, -0.2) is 58.5 Å². The molecule has 1 N–H and O–H groups in total. The number of likely N-dealkylation sites (N-methyl/N-ethyl adjacent to an activating group) is 1. The molecule has 0 spiro atoms. The Balaban J connectivity index is 1.55. The van der Waals surface area contributed by atoms with E-state index >= 15 is 0 Å². The summed E-state index contributed by atoms with van der Waals surface area (Å²) in [5, 5.41) is 2.80. The Morgan fingerprint density at radius 1 is 1.12 bits per heavy atom. The van der Waals surface area contributed by atoms with Gasteiger partial charge in [-0.05, 0) is 18.7 Å². The highest BCUT2D eigenvalue weighted by Gasteiger charge is 2.17. The van der Waals surface area contributed by atoms with Crippen LogP contribution < -0.4 is 10.2 Å². The van der Waals surface area contributed by atoms with E-state index in [0.29, 0.717) is 12.2 Å². The summed E-state index contributed by atoms with van der Waals surface area (Å²) in [4.78, 5) is 29.6. The number of carbonyl (C=O) groups excluding carboxylic acids is 1. The Labute approximate surface area is 141 Å². The van der Waals surface area contributed by atoms with Gasteiger partial charge in [0.2, 0.25) is 0 Å². The van der Waals surface area contributed by atoms with Gasteiger partial charge in [0, 0.05) is 32.4 Å². The number of rotatable bonds is 5. The first kappa shape index (κ1) is 16.3. The molecule has 7 nitrogen and oxygen atoms in total. The van der Waals surface area contributed by atoms with E-state index in [4.69, 9.17) is 0 Å². The molecule has 0 radical (unpaired) electrons.